The lowest BCUT2D eigenvalue weighted by Gasteiger charge is -2.08. The van der Waals surface area contributed by atoms with E-state index in [2.05, 4.69) is 15.3 Å². The average Bonchev–Trinajstić information content (AvgIpc) is 2.71. The number of nitrogens with one attached hydrogen (secondary N) is 1. The Morgan fingerprint density at radius 3 is 2.89 bits per heavy atom. The molecule has 0 amide bonds. The number of hydrogen-bond acceptors (Lipinski definition) is 4. The summed E-state index contributed by atoms with van der Waals surface area (Å²) >= 11 is 4.97. The molecule has 6 heteroatoms. The number of imidazole rings is 1. The second-order valence-corrected chi connectivity index (χ2v) is 4.49. The molecule has 0 atom stereocenters. The van der Waals surface area contributed by atoms with Crippen molar-refractivity contribution in [3.05, 3.63) is 41.6 Å². The fraction of sp³-hybridized carbons (Fsp3) is 0.250. The van der Waals surface area contributed by atoms with E-state index < -0.39 is 0 Å². The Bertz CT molecular complexity index is 576. The SMILES string of the molecule is Cc1cc(C(N)=S)cc(NCc2nccn2C)n1. The molecule has 0 bridgehead atoms. The largest absolute Gasteiger partial charge is 0.389 e. The maximum atomic E-state index is 5.63. The van der Waals surface area contributed by atoms with Gasteiger partial charge in [0.2, 0.25) is 0 Å². The molecule has 0 aromatic carbocycles. The van der Waals surface area contributed by atoms with Gasteiger partial charge in [0.05, 0.1) is 6.54 Å². The number of nitrogens with zero attached hydrogens (tertiary/aromatic N) is 3. The number of nitrogens with two attached hydrogens (primary N) is 1. The third kappa shape index (κ3) is 2.84. The minimum absolute atomic E-state index is 0.376. The number of hydrogen-bond donors (Lipinski definition) is 2. The van der Waals surface area contributed by atoms with Gasteiger partial charge in [-0.15, -0.1) is 0 Å². The molecule has 5 nitrogen and oxygen atoms in total. The zero-order chi connectivity index (χ0) is 13.1. The number of aryl methyl sites for hydroxylation is 2. The molecular weight excluding hydrogens is 246 g/mol. The highest BCUT2D eigenvalue weighted by molar-refractivity contribution is 7.80. The van der Waals surface area contributed by atoms with Crippen LogP contribution in [0.15, 0.2) is 24.5 Å². The van der Waals surface area contributed by atoms with Crippen LogP contribution in [0.4, 0.5) is 5.82 Å². The van der Waals surface area contributed by atoms with Crippen LogP contribution in [-0.4, -0.2) is 19.5 Å². The van der Waals surface area contributed by atoms with Gasteiger partial charge in [-0.25, -0.2) is 9.97 Å². The minimum Gasteiger partial charge on any atom is -0.389 e. The van der Waals surface area contributed by atoms with E-state index >= 15 is 0 Å². The van der Waals surface area contributed by atoms with E-state index in [4.69, 9.17) is 18.0 Å². The first-order valence-electron chi connectivity index (χ1n) is 5.55. The van der Waals surface area contributed by atoms with Crippen LogP contribution in [0.5, 0.6) is 0 Å². The highest BCUT2D eigenvalue weighted by Crippen LogP contribution is 2.11. The summed E-state index contributed by atoms with van der Waals surface area (Å²) in [4.78, 5) is 8.99. The van der Waals surface area contributed by atoms with E-state index in [9.17, 15) is 0 Å². The predicted octanol–water partition coefficient (Wildman–Crippen LogP) is 1.37. The molecule has 3 N–H and O–H groups in total. The fourth-order valence-corrected chi connectivity index (χ4v) is 1.76. The number of pyridine rings is 1. The maximum Gasteiger partial charge on any atom is 0.127 e. The Morgan fingerprint density at radius 1 is 1.50 bits per heavy atom. The molecule has 0 saturated heterocycles. The highest BCUT2D eigenvalue weighted by atomic mass is 32.1. The summed E-state index contributed by atoms with van der Waals surface area (Å²) < 4.78 is 1.96. The van der Waals surface area contributed by atoms with Crippen LogP contribution < -0.4 is 11.1 Å². The van der Waals surface area contributed by atoms with Crippen LogP contribution in [0.1, 0.15) is 17.1 Å². The molecule has 2 aromatic heterocycles. The zero-order valence-corrected chi connectivity index (χ0v) is 11.2. The van der Waals surface area contributed by atoms with Gasteiger partial charge >= 0.3 is 0 Å². The van der Waals surface area contributed by atoms with Crippen molar-refractivity contribution in [2.24, 2.45) is 12.8 Å². The Morgan fingerprint density at radius 2 is 2.28 bits per heavy atom. The molecule has 0 aliphatic rings. The topological polar surface area (TPSA) is 68.8 Å². The van der Waals surface area contributed by atoms with E-state index in [1.165, 1.54) is 0 Å². The predicted molar refractivity (Wildman–Crippen MR) is 75.4 cm³/mol. The van der Waals surface area contributed by atoms with Crippen molar-refractivity contribution < 1.29 is 0 Å². The molecule has 94 valence electrons. The van der Waals surface area contributed by atoms with Crippen LogP contribution in [0.25, 0.3) is 0 Å². The van der Waals surface area contributed by atoms with Crippen molar-refractivity contribution in [3.63, 3.8) is 0 Å². The van der Waals surface area contributed by atoms with Gasteiger partial charge in [0, 0.05) is 30.7 Å². The van der Waals surface area contributed by atoms with Gasteiger partial charge in [0.15, 0.2) is 0 Å². The molecule has 0 fully saturated rings. The minimum atomic E-state index is 0.376. The number of thiocarbonyl (C=S) groups is 1. The van der Waals surface area contributed by atoms with E-state index in [0.717, 1.165) is 22.9 Å². The van der Waals surface area contributed by atoms with Crippen molar-refractivity contribution in [1.29, 1.82) is 0 Å². The van der Waals surface area contributed by atoms with Gasteiger partial charge in [-0.1, -0.05) is 12.2 Å². The second-order valence-electron chi connectivity index (χ2n) is 4.05. The lowest BCUT2D eigenvalue weighted by atomic mass is 10.2. The molecule has 0 spiro atoms. The molecule has 0 radical (unpaired) electrons. The lowest BCUT2D eigenvalue weighted by Crippen LogP contribution is -2.12. The Hall–Kier alpha value is -1.95. The number of rotatable bonds is 4. The summed E-state index contributed by atoms with van der Waals surface area (Å²) in [5.41, 5.74) is 7.32. The summed E-state index contributed by atoms with van der Waals surface area (Å²) in [5.74, 6) is 1.69. The monoisotopic (exact) mass is 261 g/mol. The second kappa shape index (κ2) is 5.14. The van der Waals surface area contributed by atoms with Gasteiger partial charge in [-0.3, -0.25) is 0 Å². The third-order valence-electron chi connectivity index (χ3n) is 2.59. The molecule has 2 aromatic rings. The fourth-order valence-electron chi connectivity index (χ4n) is 1.64. The van der Waals surface area contributed by atoms with Gasteiger partial charge in [-0.2, -0.15) is 0 Å². The maximum absolute atomic E-state index is 5.63. The first-order valence-corrected chi connectivity index (χ1v) is 5.95. The number of anilines is 1. The van der Waals surface area contributed by atoms with Crippen LogP contribution in [0.3, 0.4) is 0 Å². The highest BCUT2D eigenvalue weighted by Gasteiger charge is 2.04. The van der Waals surface area contributed by atoms with Crippen molar-refractivity contribution in [2.75, 3.05) is 5.32 Å². The smallest absolute Gasteiger partial charge is 0.127 e. The summed E-state index contributed by atoms with van der Waals surface area (Å²) in [7, 11) is 1.95. The quantitative estimate of drug-likeness (QED) is 0.814. The molecule has 2 heterocycles. The summed E-state index contributed by atoms with van der Waals surface area (Å²) in [6.45, 7) is 2.52. The molecule has 0 aliphatic carbocycles. The van der Waals surface area contributed by atoms with E-state index in [1.807, 2.05) is 36.9 Å². The molecular formula is C12H15N5S. The zero-order valence-electron chi connectivity index (χ0n) is 10.3. The van der Waals surface area contributed by atoms with E-state index in [1.54, 1.807) is 6.20 Å². The molecule has 18 heavy (non-hydrogen) atoms. The van der Waals surface area contributed by atoms with Crippen molar-refractivity contribution in [2.45, 2.75) is 13.5 Å². The Kier molecular flexibility index (Phi) is 3.57. The lowest BCUT2D eigenvalue weighted by molar-refractivity contribution is 0.810. The molecule has 0 aliphatic heterocycles. The first kappa shape index (κ1) is 12.5. The van der Waals surface area contributed by atoms with Crippen molar-refractivity contribution in [1.82, 2.24) is 14.5 Å². The van der Waals surface area contributed by atoms with Crippen LogP contribution in [0, 0.1) is 6.92 Å². The average molecular weight is 261 g/mol. The van der Waals surface area contributed by atoms with Crippen molar-refractivity contribution >= 4 is 23.0 Å². The Balaban J connectivity index is 2.14. The number of aromatic nitrogens is 3. The Labute approximate surface area is 111 Å². The van der Waals surface area contributed by atoms with Crippen LogP contribution in [0.2, 0.25) is 0 Å². The van der Waals surface area contributed by atoms with E-state index in [-0.39, 0.29) is 0 Å². The standard InChI is InChI=1S/C12H15N5S/c1-8-5-9(12(13)18)6-10(16-8)15-7-11-14-3-4-17(11)2/h3-6H,7H2,1-2H3,(H2,13,18)(H,15,16). The summed E-state index contributed by atoms with van der Waals surface area (Å²) in [5, 5.41) is 3.21. The van der Waals surface area contributed by atoms with Gasteiger partial charge in [0.25, 0.3) is 0 Å². The van der Waals surface area contributed by atoms with E-state index in [0.29, 0.717) is 11.5 Å². The normalized spacial score (nSPS) is 10.3. The van der Waals surface area contributed by atoms with Crippen LogP contribution >= 0.6 is 12.2 Å². The van der Waals surface area contributed by atoms with Gasteiger partial charge in [-0.05, 0) is 19.1 Å². The van der Waals surface area contributed by atoms with Gasteiger partial charge in [0.1, 0.15) is 16.6 Å². The molecule has 0 saturated carbocycles. The summed E-state index contributed by atoms with van der Waals surface area (Å²) in [6.07, 6.45) is 3.67. The van der Waals surface area contributed by atoms with Crippen molar-refractivity contribution in [3.8, 4) is 0 Å². The van der Waals surface area contributed by atoms with Crippen LogP contribution in [-0.2, 0) is 13.6 Å². The first-order chi connectivity index (χ1) is 8.56. The molecule has 0 unspecified atom stereocenters. The van der Waals surface area contributed by atoms with Gasteiger partial charge < -0.3 is 15.6 Å². The summed E-state index contributed by atoms with van der Waals surface area (Å²) in [6, 6.07) is 3.71. The third-order valence-corrected chi connectivity index (χ3v) is 2.82. The molecule has 2 rings (SSSR count).